The van der Waals surface area contributed by atoms with Crippen molar-refractivity contribution in [3.63, 3.8) is 0 Å². The van der Waals surface area contributed by atoms with Crippen LogP contribution in [0.25, 0.3) is 0 Å². The molecule has 3 aromatic rings. The van der Waals surface area contributed by atoms with E-state index >= 15 is 0 Å². The Bertz CT molecular complexity index is 1240. The number of piperidine rings is 1. The fraction of sp³-hybridized carbons (Fsp3) is 0.240. The third-order valence-corrected chi connectivity index (χ3v) is 6.25. The van der Waals surface area contributed by atoms with Gasteiger partial charge in [-0.2, -0.15) is 0 Å². The predicted molar refractivity (Wildman–Crippen MR) is 118 cm³/mol. The maximum absolute atomic E-state index is 13.3. The van der Waals surface area contributed by atoms with Gasteiger partial charge in [0, 0.05) is 48.4 Å². The third kappa shape index (κ3) is 3.70. The number of halogens is 1. The summed E-state index contributed by atoms with van der Waals surface area (Å²) in [7, 11) is 0. The van der Waals surface area contributed by atoms with Gasteiger partial charge in [-0.1, -0.05) is 18.2 Å². The molecule has 162 valence electrons. The quantitative estimate of drug-likeness (QED) is 0.690. The van der Waals surface area contributed by atoms with E-state index in [-0.39, 0.29) is 35.0 Å². The van der Waals surface area contributed by atoms with Crippen LogP contribution in [0.4, 0.5) is 10.1 Å². The van der Waals surface area contributed by atoms with Crippen LogP contribution < -0.4 is 10.9 Å². The molecule has 32 heavy (non-hydrogen) atoms. The highest BCUT2D eigenvalue weighted by molar-refractivity contribution is 6.04. The second-order valence-corrected chi connectivity index (χ2v) is 8.42. The minimum absolute atomic E-state index is 0.0770. The zero-order valence-electron chi connectivity index (χ0n) is 17.3. The van der Waals surface area contributed by atoms with Crippen molar-refractivity contribution < 1.29 is 14.0 Å². The molecule has 1 aromatic heterocycles. The summed E-state index contributed by atoms with van der Waals surface area (Å²) in [5.41, 5.74) is 2.22. The molecule has 2 amide bonds. The molecular formula is C25H22FN3O3. The summed E-state index contributed by atoms with van der Waals surface area (Å²) in [6.07, 6.45) is 0.838. The Kier molecular flexibility index (Phi) is 5.09. The minimum atomic E-state index is -0.385. The fourth-order valence-electron chi connectivity index (χ4n) is 4.85. The first-order valence-electron chi connectivity index (χ1n) is 10.6. The summed E-state index contributed by atoms with van der Waals surface area (Å²) in [6.45, 7) is 1.47. The first-order chi connectivity index (χ1) is 15.5. The molecule has 0 spiro atoms. The van der Waals surface area contributed by atoms with Crippen molar-refractivity contribution in [2.45, 2.75) is 18.9 Å². The molecule has 2 aliphatic rings. The number of nitrogens with zero attached hydrogens (tertiary/aromatic N) is 2. The molecule has 2 atom stereocenters. The Morgan fingerprint density at radius 2 is 1.62 bits per heavy atom. The number of fused-ring (bicyclic) bond motifs is 4. The molecular weight excluding hydrogens is 409 g/mol. The molecule has 7 heteroatoms. The number of anilines is 1. The van der Waals surface area contributed by atoms with E-state index in [1.165, 1.54) is 30.3 Å². The van der Waals surface area contributed by atoms with Crippen LogP contribution >= 0.6 is 0 Å². The summed E-state index contributed by atoms with van der Waals surface area (Å²) in [6, 6.07) is 17.6. The van der Waals surface area contributed by atoms with Crippen LogP contribution in [0.3, 0.4) is 0 Å². The van der Waals surface area contributed by atoms with Gasteiger partial charge in [0.05, 0.1) is 5.69 Å². The van der Waals surface area contributed by atoms with Gasteiger partial charge >= 0.3 is 0 Å². The van der Waals surface area contributed by atoms with Crippen molar-refractivity contribution in [2.24, 2.45) is 5.92 Å². The van der Waals surface area contributed by atoms with Crippen LogP contribution in [0.15, 0.2) is 71.5 Å². The molecule has 0 radical (unpaired) electrons. The molecule has 1 fully saturated rings. The highest BCUT2D eigenvalue weighted by Crippen LogP contribution is 2.39. The number of benzene rings is 2. The standard InChI is InChI=1S/C25H22FN3O3/c26-20-8-6-18(7-9-20)25(32)28-13-16-12-19(15-28)23-21(10-11-22(30)29(23)14-16)27-24(31)17-4-2-1-3-5-17/h1-11,16,19H,12-15H2,(H,27,31)/t16-,19+/m0/s1. The van der Waals surface area contributed by atoms with Gasteiger partial charge in [0.1, 0.15) is 5.82 Å². The number of carbonyl (C=O) groups is 2. The molecule has 5 rings (SSSR count). The van der Waals surface area contributed by atoms with E-state index in [9.17, 15) is 18.8 Å². The average Bonchev–Trinajstić information content (AvgIpc) is 2.81. The first kappa shape index (κ1) is 20.2. The zero-order chi connectivity index (χ0) is 22.2. The molecule has 6 nitrogen and oxygen atoms in total. The second-order valence-electron chi connectivity index (χ2n) is 8.42. The summed E-state index contributed by atoms with van der Waals surface area (Å²) >= 11 is 0. The van der Waals surface area contributed by atoms with Gasteiger partial charge in [-0.3, -0.25) is 14.4 Å². The van der Waals surface area contributed by atoms with Crippen LogP contribution in [0.2, 0.25) is 0 Å². The molecule has 2 bridgehead atoms. The smallest absolute Gasteiger partial charge is 0.255 e. The number of amides is 2. The van der Waals surface area contributed by atoms with E-state index in [1.54, 1.807) is 39.8 Å². The van der Waals surface area contributed by atoms with Gasteiger partial charge in [0.15, 0.2) is 0 Å². The van der Waals surface area contributed by atoms with E-state index in [4.69, 9.17) is 0 Å². The molecule has 1 N–H and O–H groups in total. The number of hydrogen-bond donors (Lipinski definition) is 1. The van der Waals surface area contributed by atoms with Crippen molar-refractivity contribution in [3.8, 4) is 0 Å². The highest BCUT2D eigenvalue weighted by atomic mass is 19.1. The van der Waals surface area contributed by atoms with Gasteiger partial charge in [-0.05, 0) is 54.8 Å². The summed E-state index contributed by atoms with van der Waals surface area (Å²) in [5, 5.41) is 2.96. The molecule has 3 heterocycles. The number of carbonyl (C=O) groups excluding carboxylic acids is 2. The molecule has 0 aliphatic carbocycles. The van der Waals surface area contributed by atoms with Crippen LogP contribution in [0, 0.1) is 11.7 Å². The van der Waals surface area contributed by atoms with Gasteiger partial charge < -0.3 is 14.8 Å². The number of likely N-dealkylation sites (tertiary alicyclic amines) is 1. The van der Waals surface area contributed by atoms with Crippen LogP contribution in [0.1, 0.15) is 38.7 Å². The second kappa shape index (κ2) is 8.07. The minimum Gasteiger partial charge on any atom is -0.338 e. The lowest BCUT2D eigenvalue weighted by Gasteiger charge is -2.43. The number of aromatic nitrogens is 1. The Morgan fingerprint density at radius 3 is 2.38 bits per heavy atom. The molecule has 0 saturated carbocycles. The molecule has 1 saturated heterocycles. The summed E-state index contributed by atoms with van der Waals surface area (Å²) in [5.74, 6) is -0.718. The lowest BCUT2D eigenvalue weighted by atomic mass is 9.82. The summed E-state index contributed by atoms with van der Waals surface area (Å²) < 4.78 is 15.0. The average molecular weight is 431 g/mol. The number of hydrogen-bond acceptors (Lipinski definition) is 3. The molecule has 2 aliphatic heterocycles. The topological polar surface area (TPSA) is 71.4 Å². The Hall–Kier alpha value is -3.74. The van der Waals surface area contributed by atoms with Gasteiger partial charge in [0.2, 0.25) is 0 Å². The van der Waals surface area contributed by atoms with E-state index < -0.39 is 0 Å². The first-order valence-corrected chi connectivity index (χ1v) is 10.6. The van der Waals surface area contributed by atoms with E-state index in [1.807, 2.05) is 6.07 Å². The van der Waals surface area contributed by atoms with Crippen LogP contribution in [-0.2, 0) is 6.54 Å². The van der Waals surface area contributed by atoms with Crippen LogP contribution in [-0.4, -0.2) is 34.4 Å². The van der Waals surface area contributed by atoms with Gasteiger partial charge in [-0.15, -0.1) is 0 Å². The Balaban J connectivity index is 1.45. The predicted octanol–water partition coefficient (Wildman–Crippen LogP) is 3.50. The number of pyridine rings is 1. The maximum Gasteiger partial charge on any atom is 0.255 e. The lowest BCUT2D eigenvalue weighted by Crippen LogP contribution is -2.49. The van der Waals surface area contributed by atoms with Crippen molar-refractivity contribution in [2.75, 3.05) is 18.4 Å². The number of rotatable bonds is 3. The lowest BCUT2D eigenvalue weighted by molar-refractivity contribution is 0.0595. The largest absolute Gasteiger partial charge is 0.338 e. The Morgan fingerprint density at radius 1 is 0.875 bits per heavy atom. The Labute approximate surface area is 184 Å². The molecule has 2 aromatic carbocycles. The highest BCUT2D eigenvalue weighted by Gasteiger charge is 2.38. The summed E-state index contributed by atoms with van der Waals surface area (Å²) in [4.78, 5) is 40.2. The zero-order valence-corrected chi connectivity index (χ0v) is 17.3. The molecule has 0 unspecified atom stereocenters. The third-order valence-electron chi connectivity index (χ3n) is 6.25. The monoisotopic (exact) mass is 431 g/mol. The fourth-order valence-corrected chi connectivity index (χ4v) is 4.85. The van der Waals surface area contributed by atoms with E-state index in [2.05, 4.69) is 5.32 Å². The van der Waals surface area contributed by atoms with Gasteiger partial charge in [-0.25, -0.2) is 4.39 Å². The van der Waals surface area contributed by atoms with Crippen molar-refractivity contribution >= 4 is 17.5 Å². The van der Waals surface area contributed by atoms with E-state index in [0.717, 1.165) is 12.1 Å². The van der Waals surface area contributed by atoms with Crippen molar-refractivity contribution in [1.82, 2.24) is 9.47 Å². The van der Waals surface area contributed by atoms with E-state index in [0.29, 0.717) is 36.4 Å². The van der Waals surface area contributed by atoms with Gasteiger partial charge in [0.25, 0.3) is 17.4 Å². The van der Waals surface area contributed by atoms with Crippen molar-refractivity contribution in [3.05, 3.63) is 99.7 Å². The number of nitrogens with one attached hydrogen (secondary N) is 1. The van der Waals surface area contributed by atoms with Crippen LogP contribution in [0.5, 0.6) is 0 Å². The SMILES string of the molecule is O=C(Nc1ccc(=O)n2c1[C@@H]1C[C@@H](CN(C(=O)c3ccc(F)cc3)C1)C2)c1ccccc1. The van der Waals surface area contributed by atoms with Crippen molar-refractivity contribution in [1.29, 1.82) is 0 Å². The normalized spacial score (nSPS) is 19.2. The maximum atomic E-state index is 13.3.